The van der Waals surface area contributed by atoms with Gasteiger partial charge in [-0.2, -0.15) is 0 Å². The molecule has 2 heterocycles. The van der Waals surface area contributed by atoms with Crippen LogP contribution in [0.1, 0.15) is 40.4 Å². The van der Waals surface area contributed by atoms with E-state index in [1.807, 2.05) is 6.07 Å². The van der Waals surface area contributed by atoms with Crippen LogP contribution in [0.25, 0.3) is 0 Å². The Morgan fingerprint density at radius 3 is 2.48 bits per heavy atom. The first kappa shape index (κ1) is 32.8. The van der Waals surface area contributed by atoms with Crippen LogP contribution in [0.15, 0.2) is 71.6 Å². The highest BCUT2D eigenvalue weighted by molar-refractivity contribution is 7.90. The van der Waals surface area contributed by atoms with Crippen LogP contribution in [0.3, 0.4) is 0 Å². The summed E-state index contributed by atoms with van der Waals surface area (Å²) in [6.45, 7) is 0.0572. The Balaban J connectivity index is 1.51. The summed E-state index contributed by atoms with van der Waals surface area (Å²) in [7, 11) is 0.251. The molecule has 0 unspecified atom stereocenters. The molecule has 0 aromatic heterocycles. The van der Waals surface area contributed by atoms with E-state index in [1.165, 1.54) is 44.4 Å². The van der Waals surface area contributed by atoms with Crippen molar-refractivity contribution in [3.05, 3.63) is 83.4 Å². The first-order valence-corrected chi connectivity index (χ1v) is 16.3. The zero-order valence-electron chi connectivity index (χ0n) is 25.9. The van der Waals surface area contributed by atoms with Gasteiger partial charge in [-0.25, -0.2) is 12.7 Å². The highest BCUT2D eigenvalue weighted by Crippen LogP contribution is 2.32. The first-order valence-electron chi connectivity index (χ1n) is 14.9. The van der Waals surface area contributed by atoms with E-state index >= 15 is 0 Å². The van der Waals surface area contributed by atoms with Crippen LogP contribution in [-0.2, 0) is 30.8 Å². The van der Waals surface area contributed by atoms with Gasteiger partial charge in [-0.15, -0.1) is 0 Å². The van der Waals surface area contributed by atoms with Gasteiger partial charge in [0.1, 0.15) is 23.2 Å². The Morgan fingerprint density at radius 2 is 1.78 bits per heavy atom. The van der Waals surface area contributed by atoms with Crippen molar-refractivity contribution in [3.8, 4) is 17.2 Å². The molecule has 0 aliphatic carbocycles. The fraction of sp³-hybridized carbons (Fsp3) is 0.364. The Kier molecular flexibility index (Phi) is 10.1. The molecule has 1 saturated heterocycles. The van der Waals surface area contributed by atoms with Gasteiger partial charge < -0.3 is 29.2 Å². The van der Waals surface area contributed by atoms with Crippen LogP contribution < -0.4 is 19.5 Å². The second kappa shape index (κ2) is 14.2. The van der Waals surface area contributed by atoms with E-state index < -0.39 is 40.3 Å². The number of carbonyl (C=O) groups is 3. The summed E-state index contributed by atoms with van der Waals surface area (Å²) < 4.78 is 49.2. The number of methoxy groups -OCH3 is 3. The van der Waals surface area contributed by atoms with Gasteiger partial charge in [0.25, 0.3) is 15.9 Å². The largest absolute Gasteiger partial charge is 0.497 e. The molecule has 2 aliphatic rings. The highest BCUT2D eigenvalue weighted by Gasteiger charge is 2.43. The molecule has 0 radical (unpaired) electrons. The number of amides is 3. The van der Waals surface area contributed by atoms with Crippen molar-refractivity contribution >= 4 is 27.7 Å². The van der Waals surface area contributed by atoms with Crippen molar-refractivity contribution in [2.75, 3.05) is 47.6 Å². The summed E-state index contributed by atoms with van der Waals surface area (Å²) >= 11 is 0. The third-order valence-corrected chi connectivity index (χ3v) is 9.89. The van der Waals surface area contributed by atoms with Crippen molar-refractivity contribution in [2.24, 2.45) is 0 Å². The highest BCUT2D eigenvalue weighted by atomic mass is 32.2. The maximum atomic E-state index is 14.2. The molecule has 0 spiro atoms. The number of nitrogens with zero attached hydrogens (tertiary/aromatic N) is 2. The molecule has 1 N–H and O–H groups in total. The maximum Gasteiger partial charge on any atom is 0.269 e. The SMILES string of the molecule is COc1cccc([C@@H](C(=O)NC[C@@H]2CCCO2)N(CCc2ccc(OC)c(OC)c2)C(=O)CN2C(=O)c3ccccc3S2(=O)=O)c1. The van der Waals surface area contributed by atoms with Gasteiger partial charge in [-0.05, 0) is 66.8 Å². The fourth-order valence-electron chi connectivity index (χ4n) is 5.69. The lowest BCUT2D eigenvalue weighted by Gasteiger charge is -2.33. The third-order valence-electron chi connectivity index (χ3n) is 8.10. The Labute approximate surface area is 268 Å². The number of hydrogen-bond acceptors (Lipinski definition) is 9. The van der Waals surface area contributed by atoms with Crippen LogP contribution in [0.2, 0.25) is 0 Å². The molecule has 3 aromatic rings. The Hall–Kier alpha value is -4.62. The number of sulfonamides is 1. The molecule has 3 amide bonds. The lowest BCUT2D eigenvalue weighted by Crippen LogP contribution is -2.49. The predicted molar refractivity (Wildman–Crippen MR) is 167 cm³/mol. The van der Waals surface area contributed by atoms with Gasteiger partial charge in [-0.1, -0.05) is 30.3 Å². The lowest BCUT2D eigenvalue weighted by molar-refractivity contribution is -0.141. The van der Waals surface area contributed by atoms with Crippen molar-refractivity contribution in [1.29, 1.82) is 0 Å². The average Bonchev–Trinajstić information content (AvgIpc) is 3.66. The minimum Gasteiger partial charge on any atom is -0.497 e. The van der Waals surface area contributed by atoms with Crippen LogP contribution in [0.5, 0.6) is 17.2 Å². The number of benzene rings is 3. The number of nitrogens with one attached hydrogen (secondary N) is 1. The van der Waals surface area contributed by atoms with Crippen LogP contribution >= 0.6 is 0 Å². The van der Waals surface area contributed by atoms with Gasteiger partial charge in [-0.3, -0.25) is 14.4 Å². The maximum absolute atomic E-state index is 14.2. The third kappa shape index (κ3) is 6.80. The number of ether oxygens (including phenoxy) is 4. The van der Waals surface area contributed by atoms with Crippen LogP contribution in [0.4, 0.5) is 0 Å². The fourth-order valence-corrected chi connectivity index (χ4v) is 7.20. The molecular weight excluding hydrogens is 614 g/mol. The summed E-state index contributed by atoms with van der Waals surface area (Å²) in [4.78, 5) is 42.6. The van der Waals surface area contributed by atoms with E-state index in [9.17, 15) is 22.8 Å². The number of carbonyl (C=O) groups excluding carboxylic acids is 3. The van der Waals surface area contributed by atoms with E-state index in [0.717, 1.165) is 18.4 Å². The molecule has 1 fully saturated rings. The van der Waals surface area contributed by atoms with Gasteiger partial charge in [0, 0.05) is 19.7 Å². The van der Waals surface area contributed by atoms with Crippen molar-refractivity contribution < 1.29 is 41.7 Å². The van der Waals surface area contributed by atoms with Crippen LogP contribution in [-0.4, -0.2) is 89.0 Å². The first-order chi connectivity index (χ1) is 22.2. The van der Waals surface area contributed by atoms with E-state index in [1.54, 1.807) is 42.5 Å². The van der Waals surface area contributed by atoms with Gasteiger partial charge in [0.2, 0.25) is 11.8 Å². The summed E-state index contributed by atoms with van der Waals surface area (Å²) in [5, 5.41) is 2.93. The topological polar surface area (TPSA) is 141 Å². The molecule has 3 aromatic carbocycles. The standard InChI is InChI=1S/C33H37N3O9S/c1-42-24-9-6-8-23(19-24)31(32(38)34-20-25-10-7-17-45-25)35(16-15-22-13-14-27(43-2)28(18-22)44-3)30(37)21-36-33(39)26-11-4-5-12-29(26)46(36,40)41/h4-6,8-9,11-14,18-19,25,31H,7,10,15-17,20-21H2,1-3H3,(H,34,38)/t25-,31-/m0/s1. The lowest BCUT2D eigenvalue weighted by atomic mass is 10.0. The van der Waals surface area contributed by atoms with Crippen molar-refractivity contribution in [1.82, 2.24) is 14.5 Å². The number of hydrogen-bond donors (Lipinski definition) is 1. The zero-order chi connectivity index (χ0) is 32.8. The molecule has 13 heteroatoms. The molecule has 0 bridgehead atoms. The molecule has 0 saturated carbocycles. The minimum absolute atomic E-state index is 0.00142. The molecule has 46 heavy (non-hydrogen) atoms. The van der Waals surface area contributed by atoms with Crippen molar-refractivity contribution in [3.63, 3.8) is 0 Å². The number of rotatable bonds is 13. The Bertz CT molecular complexity index is 1710. The summed E-state index contributed by atoms with van der Waals surface area (Å²) in [5.41, 5.74) is 1.21. The van der Waals surface area contributed by atoms with E-state index in [2.05, 4.69) is 5.32 Å². The van der Waals surface area contributed by atoms with Crippen LogP contribution in [0, 0.1) is 0 Å². The summed E-state index contributed by atoms with van der Waals surface area (Å²) in [6.07, 6.45) is 1.79. The summed E-state index contributed by atoms with van der Waals surface area (Å²) in [6, 6.07) is 16.7. The summed E-state index contributed by atoms with van der Waals surface area (Å²) in [5.74, 6) is -0.532. The van der Waals surface area contributed by atoms with Crippen molar-refractivity contribution in [2.45, 2.75) is 36.3 Å². The van der Waals surface area contributed by atoms with Gasteiger partial charge >= 0.3 is 0 Å². The smallest absolute Gasteiger partial charge is 0.269 e. The van der Waals surface area contributed by atoms with E-state index in [-0.39, 0.29) is 36.1 Å². The molecule has 5 rings (SSSR count). The second-order valence-corrected chi connectivity index (χ2v) is 12.7. The van der Waals surface area contributed by atoms with Gasteiger partial charge in [0.15, 0.2) is 11.5 Å². The van der Waals surface area contributed by atoms with Gasteiger partial charge in [0.05, 0.1) is 33.0 Å². The molecule has 244 valence electrons. The number of fused-ring (bicyclic) bond motifs is 1. The average molecular weight is 652 g/mol. The molecule has 2 aliphatic heterocycles. The van der Waals surface area contributed by atoms with E-state index in [0.29, 0.717) is 33.7 Å². The quantitative estimate of drug-likeness (QED) is 0.295. The Morgan fingerprint density at radius 1 is 1.00 bits per heavy atom. The molecule has 12 nitrogen and oxygen atoms in total. The second-order valence-electron chi connectivity index (χ2n) is 10.9. The minimum atomic E-state index is -4.28. The monoisotopic (exact) mass is 651 g/mol. The van der Waals surface area contributed by atoms with E-state index in [4.69, 9.17) is 18.9 Å². The molecule has 2 atom stereocenters. The normalized spacial score (nSPS) is 17.2. The molecular formula is C33H37N3O9S. The zero-order valence-corrected chi connectivity index (χ0v) is 26.7. The predicted octanol–water partition coefficient (Wildman–Crippen LogP) is 2.96.